The van der Waals surface area contributed by atoms with E-state index in [0.717, 1.165) is 18.9 Å². The molecule has 1 saturated heterocycles. The van der Waals surface area contributed by atoms with Crippen molar-refractivity contribution < 1.29 is 0 Å². The summed E-state index contributed by atoms with van der Waals surface area (Å²) in [4.78, 5) is 2.27. The monoisotopic (exact) mass is 254 g/mol. The molecular weight excluding hydrogens is 236 g/mol. The summed E-state index contributed by atoms with van der Waals surface area (Å²) >= 11 is 5.76. The van der Waals surface area contributed by atoms with Crippen molar-refractivity contribution in [2.24, 2.45) is 0 Å². The van der Waals surface area contributed by atoms with Gasteiger partial charge in [-0.2, -0.15) is 0 Å². The molecule has 1 fully saturated rings. The maximum absolute atomic E-state index is 5.76. The first kappa shape index (κ1) is 12.6. The Kier molecular flexibility index (Phi) is 4.18. The van der Waals surface area contributed by atoms with Gasteiger partial charge in [0.15, 0.2) is 11.0 Å². The van der Waals surface area contributed by atoms with Crippen LogP contribution < -0.4 is 10.2 Å². The smallest absolute Gasteiger partial charge is 0.151 e. The summed E-state index contributed by atoms with van der Waals surface area (Å²) in [7, 11) is 0. The second-order valence-electron chi connectivity index (χ2n) is 4.75. The first-order valence-electron chi connectivity index (χ1n) is 6.16. The van der Waals surface area contributed by atoms with Crippen molar-refractivity contribution in [1.29, 1.82) is 0 Å². The molecule has 1 unspecified atom stereocenters. The topological polar surface area (TPSA) is 41.0 Å². The highest BCUT2D eigenvalue weighted by Crippen LogP contribution is 2.17. The fourth-order valence-electron chi connectivity index (χ4n) is 2.18. The number of anilines is 1. The zero-order valence-corrected chi connectivity index (χ0v) is 11.1. The summed E-state index contributed by atoms with van der Waals surface area (Å²) in [6.07, 6.45) is 2.51. The maximum Gasteiger partial charge on any atom is 0.151 e. The molecule has 2 rings (SSSR count). The molecule has 0 radical (unpaired) electrons. The van der Waals surface area contributed by atoms with Gasteiger partial charge in [-0.15, -0.1) is 10.2 Å². The van der Waals surface area contributed by atoms with Gasteiger partial charge < -0.3 is 10.2 Å². The van der Waals surface area contributed by atoms with Gasteiger partial charge in [-0.3, -0.25) is 0 Å². The van der Waals surface area contributed by atoms with Crippen molar-refractivity contribution in [3.63, 3.8) is 0 Å². The molecule has 94 valence electrons. The van der Waals surface area contributed by atoms with Gasteiger partial charge in [0.1, 0.15) is 0 Å². The molecule has 0 amide bonds. The van der Waals surface area contributed by atoms with E-state index in [0.29, 0.717) is 17.2 Å². The Labute approximate surface area is 107 Å². The summed E-state index contributed by atoms with van der Waals surface area (Å²) in [5.41, 5.74) is 0. The predicted octanol–water partition coefficient (Wildman–Crippen LogP) is 2.10. The van der Waals surface area contributed by atoms with E-state index in [1.165, 1.54) is 12.8 Å². The minimum atomic E-state index is 0.410. The van der Waals surface area contributed by atoms with E-state index in [2.05, 4.69) is 34.3 Å². The third-order valence-corrected chi connectivity index (χ3v) is 3.32. The lowest BCUT2D eigenvalue weighted by Crippen LogP contribution is -2.41. The van der Waals surface area contributed by atoms with Crippen molar-refractivity contribution in [3.05, 3.63) is 17.3 Å². The second kappa shape index (κ2) is 5.65. The second-order valence-corrected chi connectivity index (χ2v) is 5.14. The molecule has 0 spiro atoms. The van der Waals surface area contributed by atoms with Gasteiger partial charge in [0.2, 0.25) is 0 Å². The van der Waals surface area contributed by atoms with Gasteiger partial charge in [0, 0.05) is 18.6 Å². The fourth-order valence-corrected chi connectivity index (χ4v) is 2.28. The molecule has 1 aliphatic rings. The highest BCUT2D eigenvalue weighted by atomic mass is 35.5. The molecule has 1 aliphatic heterocycles. The standard InChI is InChI=1S/C12H19ClN4/c1-9(2)17(8-10-4-3-7-14-10)12-6-5-11(13)15-16-12/h5-6,9-10,14H,3-4,7-8H2,1-2H3. The number of hydrogen-bond donors (Lipinski definition) is 1. The molecule has 0 saturated carbocycles. The van der Waals surface area contributed by atoms with Crippen molar-refractivity contribution in [2.75, 3.05) is 18.0 Å². The Morgan fingerprint density at radius 3 is 2.82 bits per heavy atom. The molecule has 1 aromatic rings. The number of hydrogen-bond acceptors (Lipinski definition) is 4. The average Bonchev–Trinajstić information content (AvgIpc) is 2.80. The van der Waals surface area contributed by atoms with Crippen LogP contribution in [0.3, 0.4) is 0 Å². The quantitative estimate of drug-likeness (QED) is 0.894. The molecule has 5 heteroatoms. The molecular formula is C12H19ClN4. The minimum Gasteiger partial charge on any atom is -0.351 e. The normalized spacial score (nSPS) is 19.9. The van der Waals surface area contributed by atoms with Crippen LogP contribution >= 0.6 is 11.6 Å². The fraction of sp³-hybridized carbons (Fsp3) is 0.667. The Bertz CT molecular complexity index is 346. The van der Waals surface area contributed by atoms with E-state index in [-0.39, 0.29) is 0 Å². The summed E-state index contributed by atoms with van der Waals surface area (Å²) in [6, 6.07) is 4.70. The van der Waals surface area contributed by atoms with Crippen molar-refractivity contribution >= 4 is 17.4 Å². The molecule has 4 nitrogen and oxygen atoms in total. The zero-order chi connectivity index (χ0) is 12.3. The number of rotatable bonds is 4. The maximum atomic E-state index is 5.76. The number of halogens is 1. The summed E-state index contributed by atoms with van der Waals surface area (Å²) in [5, 5.41) is 12.0. The van der Waals surface area contributed by atoms with Gasteiger partial charge in [0.25, 0.3) is 0 Å². The third-order valence-electron chi connectivity index (χ3n) is 3.11. The number of nitrogens with one attached hydrogen (secondary N) is 1. The van der Waals surface area contributed by atoms with Gasteiger partial charge in [0.05, 0.1) is 0 Å². The van der Waals surface area contributed by atoms with Crippen LogP contribution in [0, 0.1) is 0 Å². The van der Waals surface area contributed by atoms with Gasteiger partial charge >= 0.3 is 0 Å². The Morgan fingerprint density at radius 1 is 1.47 bits per heavy atom. The largest absolute Gasteiger partial charge is 0.351 e. The Balaban J connectivity index is 2.08. The van der Waals surface area contributed by atoms with Crippen LogP contribution in [0.15, 0.2) is 12.1 Å². The molecule has 0 aromatic carbocycles. The summed E-state index contributed by atoms with van der Waals surface area (Å²) < 4.78 is 0. The molecule has 0 bridgehead atoms. The molecule has 0 aliphatic carbocycles. The van der Waals surface area contributed by atoms with E-state index in [1.54, 1.807) is 6.07 Å². The third kappa shape index (κ3) is 3.30. The van der Waals surface area contributed by atoms with E-state index >= 15 is 0 Å². The molecule has 1 N–H and O–H groups in total. The number of nitrogens with zero attached hydrogens (tertiary/aromatic N) is 3. The first-order valence-corrected chi connectivity index (χ1v) is 6.54. The van der Waals surface area contributed by atoms with Crippen LogP contribution in [0.25, 0.3) is 0 Å². The lowest BCUT2D eigenvalue weighted by Gasteiger charge is -2.30. The predicted molar refractivity (Wildman–Crippen MR) is 70.5 cm³/mol. The van der Waals surface area contributed by atoms with Crippen LogP contribution in [0.4, 0.5) is 5.82 Å². The zero-order valence-electron chi connectivity index (χ0n) is 10.4. The van der Waals surface area contributed by atoms with Gasteiger partial charge in [-0.05, 0) is 45.4 Å². The Morgan fingerprint density at radius 2 is 2.29 bits per heavy atom. The average molecular weight is 255 g/mol. The minimum absolute atomic E-state index is 0.410. The highest BCUT2D eigenvalue weighted by Gasteiger charge is 2.20. The summed E-state index contributed by atoms with van der Waals surface area (Å²) in [6.45, 7) is 6.45. The summed E-state index contributed by atoms with van der Waals surface area (Å²) in [5.74, 6) is 0.901. The lowest BCUT2D eigenvalue weighted by molar-refractivity contribution is 0.547. The van der Waals surface area contributed by atoms with Gasteiger partial charge in [-0.1, -0.05) is 11.6 Å². The molecule has 1 atom stereocenters. The lowest BCUT2D eigenvalue weighted by atomic mass is 10.2. The SMILES string of the molecule is CC(C)N(CC1CCCN1)c1ccc(Cl)nn1. The Hall–Kier alpha value is -0.870. The highest BCUT2D eigenvalue weighted by molar-refractivity contribution is 6.29. The molecule has 17 heavy (non-hydrogen) atoms. The van der Waals surface area contributed by atoms with Crippen molar-refractivity contribution in [3.8, 4) is 0 Å². The van der Waals surface area contributed by atoms with Crippen molar-refractivity contribution in [1.82, 2.24) is 15.5 Å². The van der Waals surface area contributed by atoms with Crippen LogP contribution in [0.1, 0.15) is 26.7 Å². The van der Waals surface area contributed by atoms with Gasteiger partial charge in [-0.25, -0.2) is 0 Å². The van der Waals surface area contributed by atoms with Crippen molar-refractivity contribution in [2.45, 2.75) is 38.8 Å². The van der Waals surface area contributed by atoms with Crippen LogP contribution in [0.5, 0.6) is 0 Å². The van der Waals surface area contributed by atoms with E-state index in [9.17, 15) is 0 Å². The van der Waals surface area contributed by atoms with Crippen LogP contribution in [-0.2, 0) is 0 Å². The molecule has 2 heterocycles. The van der Waals surface area contributed by atoms with E-state index in [1.807, 2.05) is 6.07 Å². The van der Waals surface area contributed by atoms with E-state index < -0.39 is 0 Å². The first-order chi connectivity index (χ1) is 8.16. The number of aromatic nitrogens is 2. The molecule has 1 aromatic heterocycles. The van der Waals surface area contributed by atoms with E-state index in [4.69, 9.17) is 11.6 Å². The van der Waals surface area contributed by atoms with Crippen LogP contribution in [-0.4, -0.2) is 35.4 Å². The van der Waals surface area contributed by atoms with Crippen LogP contribution in [0.2, 0.25) is 5.15 Å².